The van der Waals surface area contributed by atoms with E-state index in [0.717, 1.165) is 17.8 Å². The molecular weight excluding hydrogens is 346 g/mol. The lowest BCUT2D eigenvalue weighted by Gasteiger charge is -2.19. The van der Waals surface area contributed by atoms with Crippen molar-refractivity contribution in [3.8, 4) is 0 Å². The number of nitrogens with zero attached hydrogens (tertiary/aromatic N) is 2. The van der Waals surface area contributed by atoms with E-state index >= 15 is 0 Å². The van der Waals surface area contributed by atoms with E-state index in [9.17, 15) is 4.79 Å². The Bertz CT molecular complexity index is 907. The first-order chi connectivity index (χ1) is 12.3. The van der Waals surface area contributed by atoms with Gasteiger partial charge in [-0.3, -0.25) is 4.79 Å². The number of nitrogens with one attached hydrogen (secondary N) is 1. The van der Waals surface area contributed by atoms with Crippen LogP contribution in [0.2, 0.25) is 5.02 Å². The van der Waals surface area contributed by atoms with Crippen molar-refractivity contribution in [1.82, 2.24) is 14.7 Å². The van der Waals surface area contributed by atoms with Crippen LogP contribution in [0.15, 0.2) is 48.8 Å². The van der Waals surface area contributed by atoms with Crippen LogP contribution >= 0.6 is 11.6 Å². The molecule has 0 aliphatic carbocycles. The standard InChI is InChI=1S/C21H24ClN3O/c1-21(2,3)16-7-4-15(5-8-16)6-11-20(26)23-12-18-14-25-13-17(22)9-10-19(25)24-18/h4-5,7-10,13-14H,6,11-12H2,1-3H3,(H,23,26). The van der Waals surface area contributed by atoms with Crippen LogP contribution in [-0.2, 0) is 23.2 Å². The molecule has 0 radical (unpaired) electrons. The first-order valence-corrected chi connectivity index (χ1v) is 9.18. The Morgan fingerprint density at radius 3 is 2.54 bits per heavy atom. The van der Waals surface area contributed by atoms with Gasteiger partial charge in [0.25, 0.3) is 0 Å². The molecule has 5 heteroatoms. The van der Waals surface area contributed by atoms with Gasteiger partial charge >= 0.3 is 0 Å². The minimum atomic E-state index is 0.0278. The summed E-state index contributed by atoms with van der Waals surface area (Å²) >= 11 is 5.97. The van der Waals surface area contributed by atoms with Crippen molar-refractivity contribution in [3.63, 3.8) is 0 Å². The average Bonchev–Trinajstić information content (AvgIpc) is 2.99. The topological polar surface area (TPSA) is 46.4 Å². The second-order valence-electron chi connectivity index (χ2n) is 7.57. The molecule has 0 aliphatic rings. The van der Waals surface area contributed by atoms with Gasteiger partial charge in [0.15, 0.2) is 0 Å². The van der Waals surface area contributed by atoms with Crippen molar-refractivity contribution < 1.29 is 4.79 Å². The van der Waals surface area contributed by atoms with Gasteiger partial charge in [0.2, 0.25) is 5.91 Å². The Kier molecular flexibility index (Phi) is 5.33. The minimum Gasteiger partial charge on any atom is -0.350 e. The number of hydrogen-bond donors (Lipinski definition) is 1. The fraction of sp³-hybridized carbons (Fsp3) is 0.333. The second kappa shape index (κ2) is 7.50. The van der Waals surface area contributed by atoms with Crippen molar-refractivity contribution in [2.45, 2.75) is 45.6 Å². The highest BCUT2D eigenvalue weighted by Crippen LogP contribution is 2.22. The Labute approximate surface area is 159 Å². The highest BCUT2D eigenvalue weighted by Gasteiger charge is 2.13. The van der Waals surface area contributed by atoms with Crippen LogP contribution in [-0.4, -0.2) is 15.3 Å². The van der Waals surface area contributed by atoms with E-state index in [-0.39, 0.29) is 11.3 Å². The number of carbonyl (C=O) groups is 1. The Morgan fingerprint density at radius 2 is 1.85 bits per heavy atom. The minimum absolute atomic E-state index is 0.0278. The van der Waals surface area contributed by atoms with Crippen LogP contribution < -0.4 is 5.32 Å². The molecular formula is C21H24ClN3O. The number of halogens is 1. The number of pyridine rings is 1. The average molecular weight is 370 g/mol. The molecule has 0 saturated carbocycles. The number of carbonyl (C=O) groups excluding carboxylic acids is 1. The number of amides is 1. The number of aryl methyl sites for hydroxylation is 1. The molecule has 4 nitrogen and oxygen atoms in total. The van der Waals surface area contributed by atoms with Crippen molar-refractivity contribution in [2.75, 3.05) is 0 Å². The number of aromatic nitrogens is 2. The van der Waals surface area contributed by atoms with Gasteiger partial charge in [0, 0.05) is 18.8 Å². The van der Waals surface area contributed by atoms with Gasteiger partial charge in [-0.1, -0.05) is 56.6 Å². The molecule has 1 amide bonds. The molecule has 0 unspecified atom stereocenters. The zero-order valence-corrected chi connectivity index (χ0v) is 16.2. The van der Waals surface area contributed by atoms with Crippen LogP contribution in [0.5, 0.6) is 0 Å². The monoisotopic (exact) mass is 369 g/mol. The van der Waals surface area contributed by atoms with E-state index in [4.69, 9.17) is 11.6 Å². The van der Waals surface area contributed by atoms with Gasteiger partial charge in [0.05, 0.1) is 17.3 Å². The molecule has 0 fully saturated rings. The summed E-state index contributed by atoms with van der Waals surface area (Å²) in [5.41, 5.74) is 4.26. The highest BCUT2D eigenvalue weighted by atomic mass is 35.5. The molecule has 0 bridgehead atoms. The third-order valence-corrected chi connectivity index (χ3v) is 4.62. The highest BCUT2D eigenvalue weighted by molar-refractivity contribution is 6.30. The van der Waals surface area contributed by atoms with E-state index in [1.54, 1.807) is 12.3 Å². The molecule has 2 heterocycles. The summed E-state index contributed by atoms with van der Waals surface area (Å²) in [6.45, 7) is 7.01. The number of fused-ring (bicyclic) bond motifs is 1. The van der Waals surface area contributed by atoms with Crippen LogP contribution in [0.1, 0.15) is 44.0 Å². The van der Waals surface area contributed by atoms with E-state index in [2.05, 4.69) is 55.3 Å². The van der Waals surface area contributed by atoms with Crippen molar-refractivity contribution in [2.24, 2.45) is 0 Å². The van der Waals surface area contributed by atoms with Gasteiger partial charge in [-0.15, -0.1) is 0 Å². The van der Waals surface area contributed by atoms with Gasteiger partial charge in [-0.25, -0.2) is 4.98 Å². The maximum atomic E-state index is 12.1. The van der Waals surface area contributed by atoms with E-state index < -0.39 is 0 Å². The lowest BCUT2D eigenvalue weighted by atomic mass is 9.86. The van der Waals surface area contributed by atoms with E-state index in [0.29, 0.717) is 18.0 Å². The molecule has 0 atom stereocenters. The summed E-state index contributed by atoms with van der Waals surface area (Å²) < 4.78 is 1.86. The van der Waals surface area contributed by atoms with Crippen LogP contribution in [0.3, 0.4) is 0 Å². The molecule has 2 aromatic heterocycles. The quantitative estimate of drug-likeness (QED) is 0.718. The Balaban J connectivity index is 1.50. The van der Waals surface area contributed by atoms with E-state index in [1.165, 1.54) is 11.1 Å². The molecule has 136 valence electrons. The predicted octanol–water partition coefficient (Wildman–Crippen LogP) is 4.53. The number of imidazole rings is 1. The summed E-state index contributed by atoms with van der Waals surface area (Å²) in [4.78, 5) is 16.6. The first-order valence-electron chi connectivity index (χ1n) is 8.80. The molecule has 0 spiro atoms. The lowest BCUT2D eigenvalue weighted by molar-refractivity contribution is -0.121. The third kappa shape index (κ3) is 4.64. The Morgan fingerprint density at radius 1 is 1.12 bits per heavy atom. The van der Waals surface area contributed by atoms with E-state index in [1.807, 2.05) is 16.7 Å². The SMILES string of the molecule is CC(C)(C)c1ccc(CCC(=O)NCc2cn3cc(Cl)ccc3n2)cc1. The summed E-state index contributed by atoms with van der Waals surface area (Å²) in [5, 5.41) is 3.59. The molecule has 0 saturated heterocycles. The molecule has 1 aromatic carbocycles. The van der Waals surface area contributed by atoms with Crippen LogP contribution in [0.25, 0.3) is 5.65 Å². The zero-order valence-electron chi connectivity index (χ0n) is 15.4. The molecule has 3 aromatic rings. The van der Waals surface area contributed by atoms with Crippen molar-refractivity contribution in [1.29, 1.82) is 0 Å². The maximum absolute atomic E-state index is 12.1. The first kappa shape index (κ1) is 18.5. The van der Waals surface area contributed by atoms with Gasteiger partial charge in [-0.2, -0.15) is 0 Å². The molecule has 1 N–H and O–H groups in total. The number of benzene rings is 1. The second-order valence-corrected chi connectivity index (χ2v) is 8.01. The number of hydrogen-bond acceptors (Lipinski definition) is 2. The van der Waals surface area contributed by atoms with Gasteiger partial charge < -0.3 is 9.72 Å². The van der Waals surface area contributed by atoms with Crippen molar-refractivity contribution >= 4 is 23.2 Å². The van der Waals surface area contributed by atoms with Gasteiger partial charge in [-0.05, 0) is 35.1 Å². The number of rotatable bonds is 5. The lowest BCUT2D eigenvalue weighted by Crippen LogP contribution is -2.23. The Hall–Kier alpha value is -2.33. The van der Waals surface area contributed by atoms with Crippen LogP contribution in [0.4, 0.5) is 0 Å². The summed E-state index contributed by atoms with van der Waals surface area (Å²) in [5.74, 6) is 0.0278. The van der Waals surface area contributed by atoms with Crippen LogP contribution in [0, 0.1) is 0 Å². The van der Waals surface area contributed by atoms with Crippen molar-refractivity contribution in [3.05, 3.63) is 70.6 Å². The summed E-state index contributed by atoms with van der Waals surface area (Å²) in [7, 11) is 0. The fourth-order valence-corrected chi connectivity index (χ4v) is 2.98. The normalized spacial score (nSPS) is 11.7. The zero-order chi connectivity index (χ0) is 18.7. The molecule has 3 rings (SSSR count). The molecule has 0 aliphatic heterocycles. The molecule has 26 heavy (non-hydrogen) atoms. The van der Waals surface area contributed by atoms with Gasteiger partial charge in [0.1, 0.15) is 5.65 Å². The smallest absolute Gasteiger partial charge is 0.220 e. The maximum Gasteiger partial charge on any atom is 0.220 e. The predicted molar refractivity (Wildman–Crippen MR) is 106 cm³/mol. The largest absolute Gasteiger partial charge is 0.350 e. The fourth-order valence-electron chi connectivity index (χ4n) is 2.81. The summed E-state index contributed by atoms with van der Waals surface area (Å²) in [6, 6.07) is 12.2. The summed E-state index contributed by atoms with van der Waals surface area (Å²) in [6.07, 6.45) is 4.88. The third-order valence-electron chi connectivity index (χ3n) is 4.39.